The van der Waals surface area contributed by atoms with Crippen molar-refractivity contribution in [1.82, 2.24) is 10.2 Å². The highest BCUT2D eigenvalue weighted by molar-refractivity contribution is 5.95. The van der Waals surface area contributed by atoms with Gasteiger partial charge >= 0.3 is 0 Å². The van der Waals surface area contributed by atoms with E-state index in [9.17, 15) is 19.1 Å². The zero-order valence-electron chi connectivity index (χ0n) is 19.5. The Morgan fingerprint density at radius 2 is 1.88 bits per heavy atom. The summed E-state index contributed by atoms with van der Waals surface area (Å²) < 4.78 is 14.2. The Kier molecular flexibility index (Phi) is 6.62. The number of aliphatic hydroxyl groups is 1. The van der Waals surface area contributed by atoms with Crippen molar-refractivity contribution in [3.05, 3.63) is 71.0 Å². The third kappa shape index (κ3) is 5.07. The number of rotatable bonds is 5. The number of carbonyl (C=O) groups excluding carboxylic acids is 2. The van der Waals surface area contributed by atoms with Crippen LogP contribution < -0.4 is 5.32 Å². The first-order valence-electron chi connectivity index (χ1n) is 11.0. The van der Waals surface area contributed by atoms with E-state index in [2.05, 4.69) is 5.32 Å². The fourth-order valence-electron chi connectivity index (χ4n) is 4.44. The predicted molar refractivity (Wildman–Crippen MR) is 123 cm³/mol. The average Bonchev–Trinajstić information content (AvgIpc) is 2.75. The van der Waals surface area contributed by atoms with E-state index in [0.29, 0.717) is 17.7 Å². The maximum atomic E-state index is 14.2. The number of carbonyl (C=O) groups is 2. The Hall–Kier alpha value is -3.24. The van der Waals surface area contributed by atoms with E-state index in [4.69, 9.17) is 5.26 Å². The Labute approximate surface area is 194 Å². The molecule has 2 N–H and O–H groups in total. The van der Waals surface area contributed by atoms with Crippen molar-refractivity contribution >= 4 is 11.8 Å². The summed E-state index contributed by atoms with van der Waals surface area (Å²) in [7, 11) is 0. The molecule has 2 aromatic rings. The first-order chi connectivity index (χ1) is 15.4. The molecule has 0 saturated carbocycles. The minimum absolute atomic E-state index is 0.0763. The van der Waals surface area contributed by atoms with Gasteiger partial charge in [0.05, 0.1) is 11.2 Å². The predicted octanol–water partition coefficient (Wildman–Crippen LogP) is 3.74. The number of piperidine rings is 1. The number of nitriles is 1. The molecule has 2 amide bonds. The molecule has 1 fully saturated rings. The molecule has 0 bridgehead atoms. The molecule has 1 heterocycles. The summed E-state index contributed by atoms with van der Waals surface area (Å²) >= 11 is 0. The minimum atomic E-state index is -1.35. The summed E-state index contributed by atoms with van der Waals surface area (Å²) in [5, 5.41) is 23.4. The van der Waals surface area contributed by atoms with Crippen molar-refractivity contribution in [1.29, 1.82) is 5.26 Å². The first-order valence-corrected chi connectivity index (χ1v) is 11.0. The molecular formula is C26H30FN3O3. The standard InChI is InChI=1S/C26H30FN3O3/c1-24(2)17-30(13-12-26(24,33)20-11-10-19(16-28)21(27)14-20)22(31)15-25(3,4)29-23(32)18-8-6-5-7-9-18/h5-11,14,33H,12-13,15,17H2,1-4H3,(H,29,32). The van der Waals surface area contributed by atoms with Gasteiger partial charge in [-0.1, -0.05) is 38.1 Å². The summed E-state index contributed by atoms with van der Waals surface area (Å²) in [5.41, 5.74) is -2.04. The van der Waals surface area contributed by atoms with E-state index in [1.165, 1.54) is 12.1 Å². The zero-order valence-corrected chi connectivity index (χ0v) is 19.5. The lowest BCUT2D eigenvalue weighted by atomic mass is 9.66. The minimum Gasteiger partial charge on any atom is -0.384 e. The average molecular weight is 452 g/mol. The molecule has 0 radical (unpaired) electrons. The maximum Gasteiger partial charge on any atom is 0.251 e. The van der Waals surface area contributed by atoms with Crippen LogP contribution in [-0.2, 0) is 10.4 Å². The number of nitrogens with zero attached hydrogens (tertiary/aromatic N) is 2. The number of nitrogens with one attached hydrogen (secondary N) is 1. The van der Waals surface area contributed by atoms with Crippen molar-refractivity contribution in [2.45, 2.75) is 51.7 Å². The van der Waals surface area contributed by atoms with Gasteiger partial charge in [0, 0.05) is 36.0 Å². The highest BCUT2D eigenvalue weighted by Crippen LogP contribution is 2.46. The summed E-state index contributed by atoms with van der Waals surface area (Å²) in [6.45, 7) is 7.85. The number of amides is 2. The van der Waals surface area contributed by atoms with E-state index in [-0.39, 0.29) is 36.8 Å². The topological polar surface area (TPSA) is 93.4 Å². The lowest BCUT2D eigenvalue weighted by molar-refractivity contribution is -0.154. The van der Waals surface area contributed by atoms with Gasteiger partial charge in [-0.3, -0.25) is 9.59 Å². The van der Waals surface area contributed by atoms with Crippen molar-refractivity contribution < 1.29 is 19.1 Å². The first kappa shape index (κ1) is 24.4. The molecule has 1 aliphatic heterocycles. The van der Waals surface area contributed by atoms with Crippen molar-refractivity contribution in [3.63, 3.8) is 0 Å². The largest absolute Gasteiger partial charge is 0.384 e. The quantitative estimate of drug-likeness (QED) is 0.724. The Morgan fingerprint density at radius 3 is 2.45 bits per heavy atom. The highest BCUT2D eigenvalue weighted by Gasteiger charge is 2.50. The van der Waals surface area contributed by atoms with E-state index in [1.54, 1.807) is 55.1 Å². The summed E-state index contributed by atoms with van der Waals surface area (Å²) in [6, 6.07) is 14.8. The van der Waals surface area contributed by atoms with Crippen molar-refractivity contribution in [3.8, 4) is 6.07 Å². The van der Waals surface area contributed by atoms with Crippen LogP contribution in [0.25, 0.3) is 0 Å². The van der Waals surface area contributed by atoms with Crippen LogP contribution in [0.3, 0.4) is 0 Å². The fraction of sp³-hybridized carbons (Fsp3) is 0.423. The molecular weight excluding hydrogens is 421 g/mol. The van der Waals surface area contributed by atoms with E-state index in [1.807, 2.05) is 19.9 Å². The van der Waals surface area contributed by atoms with Gasteiger partial charge in [-0.15, -0.1) is 0 Å². The second kappa shape index (κ2) is 8.95. The summed E-state index contributed by atoms with van der Waals surface area (Å²) in [4.78, 5) is 27.3. The number of halogens is 1. The molecule has 174 valence electrons. The second-order valence-corrected chi connectivity index (χ2v) is 10.00. The molecule has 7 heteroatoms. The van der Waals surface area contributed by atoms with E-state index < -0.39 is 22.4 Å². The highest BCUT2D eigenvalue weighted by atomic mass is 19.1. The SMILES string of the molecule is CC(C)(CC(=O)N1CCC(O)(c2ccc(C#N)c(F)c2)C(C)(C)C1)NC(=O)c1ccccc1. The van der Waals surface area contributed by atoms with Gasteiger partial charge in [-0.05, 0) is 50.1 Å². The monoisotopic (exact) mass is 451 g/mol. The van der Waals surface area contributed by atoms with Crippen LogP contribution in [0, 0.1) is 22.6 Å². The van der Waals surface area contributed by atoms with Crippen molar-refractivity contribution in [2.75, 3.05) is 13.1 Å². The fourth-order valence-corrected chi connectivity index (χ4v) is 4.44. The number of benzene rings is 2. The van der Waals surface area contributed by atoms with Gasteiger partial charge in [0.25, 0.3) is 5.91 Å². The molecule has 3 rings (SSSR count). The van der Waals surface area contributed by atoms with Gasteiger partial charge in [0.15, 0.2) is 0 Å². The second-order valence-electron chi connectivity index (χ2n) is 10.00. The Bertz CT molecular complexity index is 1090. The van der Waals surface area contributed by atoms with Crippen LogP contribution in [0.1, 0.15) is 62.0 Å². The molecule has 6 nitrogen and oxygen atoms in total. The number of hydrogen-bond donors (Lipinski definition) is 2. The van der Waals surface area contributed by atoms with Gasteiger partial charge in [-0.25, -0.2) is 4.39 Å². The number of hydrogen-bond acceptors (Lipinski definition) is 4. The van der Waals surface area contributed by atoms with Crippen molar-refractivity contribution in [2.24, 2.45) is 5.41 Å². The van der Waals surface area contributed by atoms with Crippen LogP contribution >= 0.6 is 0 Å². The summed E-state index contributed by atoms with van der Waals surface area (Å²) in [6.07, 6.45) is 0.333. The number of likely N-dealkylation sites (tertiary alicyclic amines) is 1. The third-order valence-electron chi connectivity index (χ3n) is 6.45. The van der Waals surface area contributed by atoms with Crippen LogP contribution in [0.4, 0.5) is 4.39 Å². The van der Waals surface area contributed by atoms with E-state index >= 15 is 0 Å². The van der Waals surface area contributed by atoms with Crippen LogP contribution in [0.5, 0.6) is 0 Å². The lowest BCUT2D eigenvalue weighted by Gasteiger charge is -2.51. The zero-order chi connectivity index (χ0) is 24.4. The smallest absolute Gasteiger partial charge is 0.251 e. The third-order valence-corrected chi connectivity index (χ3v) is 6.45. The lowest BCUT2D eigenvalue weighted by Crippen LogP contribution is -2.58. The van der Waals surface area contributed by atoms with Crippen LogP contribution in [0.2, 0.25) is 0 Å². The maximum absolute atomic E-state index is 14.2. The van der Waals surface area contributed by atoms with Gasteiger partial charge in [0.1, 0.15) is 11.9 Å². The molecule has 0 aromatic heterocycles. The molecule has 2 aromatic carbocycles. The van der Waals surface area contributed by atoms with Gasteiger partial charge < -0.3 is 15.3 Å². The van der Waals surface area contributed by atoms with Crippen LogP contribution in [-0.4, -0.2) is 40.4 Å². The molecule has 0 aliphatic carbocycles. The normalized spacial score (nSPS) is 20.1. The van der Waals surface area contributed by atoms with Gasteiger partial charge in [-0.2, -0.15) is 5.26 Å². The van der Waals surface area contributed by atoms with Gasteiger partial charge in [0.2, 0.25) is 5.91 Å². The molecule has 1 atom stereocenters. The molecule has 1 unspecified atom stereocenters. The Balaban J connectivity index is 1.70. The Morgan fingerprint density at radius 1 is 1.21 bits per heavy atom. The summed E-state index contributed by atoms with van der Waals surface area (Å²) in [5.74, 6) is -1.05. The van der Waals surface area contributed by atoms with E-state index in [0.717, 1.165) is 0 Å². The van der Waals surface area contributed by atoms with Crippen LogP contribution in [0.15, 0.2) is 48.5 Å². The molecule has 33 heavy (non-hydrogen) atoms. The molecule has 0 spiro atoms. The molecule has 1 saturated heterocycles. The molecule has 1 aliphatic rings.